The molecule has 0 amide bonds. The molecular formula is C23H19MoO9P. The van der Waals surface area contributed by atoms with Crippen molar-refractivity contribution in [3.05, 3.63) is 85.9 Å². The van der Waals surface area contributed by atoms with E-state index in [4.69, 9.17) is 32.7 Å². The van der Waals surface area contributed by atoms with Crippen molar-refractivity contribution < 1.29 is 63.4 Å². The molecule has 0 fully saturated rings. The predicted molar refractivity (Wildman–Crippen MR) is 110 cm³/mol. The van der Waals surface area contributed by atoms with Crippen LogP contribution in [0.3, 0.4) is 0 Å². The Bertz CT molecular complexity index is 879. The smallest absolute Gasteiger partial charge is 0 e. The maximum absolute atomic E-state index is 12.4. The van der Waals surface area contributed by atoms with Crippen molar-refractivity contribution in [3.8, 4) is 0 Å². The van der Waals surface area contributed by atoms with E-state index in [9.17, 15) is 9.59 Å². The van der Waals surface area contributed by atoms with Gasteiger partial charge >= 0.3 is 68.5 Å². The monoisotopic (exact) mass is 568 g/mol. The van der Waals surface area contributed by atoms with Gasteiger partial charge in [-0.3, -0.25) is 0 Å². The summed E-state index contributed by atoms with van der Waals surface area (Å²) in [6, 6.07) is 10.1. The minimum absolute atomic E-state index is 0. The van der Waals surface area contributed by atoms with Gasteiger partial charge in [0.05, 0.1) is 25.4 Å². The Hall–Kier alpha value is -2.54. The van der Waals surface area contributed by atoms with Gasteiger partial charge in [0.2, 0.25) is 0 Å². The molecule has 3 rings (SSSR count). The minimum atomic E-state index is -0.735. The van der Waals surface area contributed by atoms with Crippen LogP contribution in [-0.2, 0) is 63.4 Å². The van der Waals surface area contributed by atoms with Gasteiger partial charge in [-0.1, -0.05) is 49.4 Å². The van der Waals surface area contributed by atoms with E-state index in [2.05, 4.69) is 59.2 Å². The summed E-state index contributed by atoms with van der Waals surface area (Å²) < 4.78 is 47.4. The second kappa shape index (κ2) is 22.3. The van der Waals surface area contributed by atoms with Crippen LogP contribution in [0.2, 0.25) is 0 Å². The standard InChI is InChI=1S/C18H19O4P.5CO.Mo/c1-10-11(2)16-14(18(20)22-4)13(17(19)21-3)15(10)23(16)12-8-6-5-7-9-12;5*1-2;/h5-9,15-16H,1-4H3;;;;;;/t15-,16+,23?;;;;;;. The molecule has 0 aromatic heterocycles. The van der Waals surface area contributed by atoms with Gasteiger partial charge < -0.3 is 9.47 Å². The van der Waals surface area contributed by atoms with E-state index < -0.39 is 19.9 Å². The maximum Gasteiger partial charge on any atom is 0 e. The van der Waals surface area contributed by atoms with Crippen LogP contribution >= 0.6 is 7.92 Å². The predicted octanol–water partition coefficient (Wildman–Crippen LogP) is 2.35. The largest absolute Gasteiger partial charge is 0 e. The summed E-state index contributed by atoms with van der Waals surface area (Å²) in [5.74, 6) is -0.846. The summed E-state index contributed by atoms with van der Waals surface area (Å²) in [5.41, 5.74) is 3.22. The molecule has 9 nitrogen and oxygen atoms in total. The fourth-order valence-corrected chi connectivity index (χ4v) is 7.26. The van der Waals surface area contributed by atoms with Gasteiger partial charge in [-0.2, -0.15) is 0 Å². The van der Waals surface area contributed by atoms with E-state index in [1.165, 1.54) is 30.7 Å². The molecular weight excluding hydrogens is 547 g/mol. The fraction of sp³-hybridized carbons (Fsp3) is 0.261. The van der Waals surface area contributed by atoms with E-state index in [0.29, 0.717) is 11.1 Å². The number of hydrogen-bond donors (Lipinski definition) is 0. The quantitative estimate of drug-likeness (QED) is 0.138. The van der Waals surface area contributed by atoms with Crippen LogP contribution in [0.1, 0.15) is 13.8 Å². The van der Waals surface area contributed by atoms with E-state index >= 15 is 0 Å². The maximum atomic E-state index is 12.4. The van der Waals surface area contributed by atoms with Crippen LogP contribution in [0, 0.1) is 33.3 Å². The van der Waals surface area contributed by atoms with Crippen molar-refractivity contribution in [2.24, 2.45) is 0 Å². The first kappa shape index (κ1) is 38.7. The van der Waals surface area contributed by atoms with Gasteiger partial charge in [0.25, 0.3) is 0 Å². The van der Waals surface area contributed by atoms with E-state index in [1.54, 1.807) is 0 Å². The Kier molecular flexibility index (Phi) is 25.3. The Balaban J connectivity index is -0.000000364. The Morgan fingerprint density at radius 3 is 1.26 bits per heavy atom. The Labute approximate surface area is 213 Å². The van der Waals surface area contributed by atoms with Crippen LogP contribution in [0.5, 0.6) is 0 Å². The molecule has 2 heterocycles. The van der Waals surface area contributed by atoms with Gasteiger partial charge in [0.1, 0.15) is 0 Å². The zero-order valence-corrected chi connectivity index (χ0v) is 21.5. The molecule has 0 N–H and O–H groups in total. The first-order valence-electron chi connectivity index (χ1n) is 8.46. The number of rotatable bonds is 3. The normalized spacial score (nSPS) is 17.8. The summed E-state index contributed by atoms with van der Waals surface area (Å²) >= 11 is 0. The summed E-state index contributed by atoms with van der Waals surface area (Å²) in [6.45, 7) is 26.6. The zero-order chi connectivity index (χ0) is 26.7. The number of esters is 2. The van der Waals surface area contributed by atoms with Crippen LogP contribution in [-0.4, -0.2) is 37.5 Å². The first-order valence-corrected chi connectivity index (χ1v) is 9.94. The van der Waals surface area contributed by atoms with Crippen molar-refractivity contribution in [2.75, 3.05) is 14.2 Å². The topological polar surface area (TPSA) is 152 Å². The minimum Gasteiger partial charge on any atom is 0 e. The third-order valence-corrected chi connectivity index (χ3v) is 8.00. The molecule has 11 heteroatoms. The second-order valence-electron chi connectivity index (χ2n) is 5.72. The summed E-state index contributed by atoms with van der Waals surface area (Å²) in [7, 11) is 1.97. The van der Waals surface area contributed by atoms with Crippen molar-refractivity contribution >= 4 is 25.2 Å². The summed E-state index contributed by atoms with van der Waals surface area (Å²) in [6.07, 6.45) is 0. The van der Waals surface area contributed by atoms with E-state index in [0.717, 1.165) is 0 Å². The second-order valence-corrected chi connectivity index (χ2v) is 8.09. The fourth-order valence-electron chi connectivity index (χ4n) is 3.56. The molecule has 0 saturated heterocycles. The SMILES string of the molecule is COC(=O)C1=C(C(=O)OC)[C@@H]2C(C)=C(C)[C@H]1P2c1ccccc1.[C-]#[O+].[C-]#[O+].[C-]#[O+].[C-]#[O+].[C-]#[O+].[Mo]. The Morgan fingerprint density at radius 1 is 0.706 bits per heavy atom. The number of ether oxygens (including phenoxy) is 2. The average molecular weight is 566 g/mol. The number of allylic oxidation sites excluding steroid dienone is 2. The third kappa shape index (κ3) is 8.35. The number of benzene rings is 1. The molecule has 0 saturated carbocycles. The molecule has 1 aromatic rings. The molecule has 0 spiro atoms. The molecule has 176 valence electrons. The number of fused-ring (bicyclic) bond motifs is 2. The number of methoxy groups -OCH3 is 2. The van der Waals surface area contributed by atoms with Crippen molar-refractivity contribution in [1.29, 1.82) is 0 Å². The van der Waals surface area contributed by atoms with Gasteiger partial charge in [-0.05, 0) is 19.2 Å². The summed E-state index contributed by atoms with van der Waals surface area (Å²) in [5, 5.41) is 1.19. The number of carbonyl (C=O) groups excluding carboxylic acids is 2. The molecule has 34 heavy (non-hydrogen) atoms. The van der Waals surface area contributed by atoms with Gasteiger partial charge in [0.15, 0.2) is 0 Å². The average Bonchev–Trinajstić information content (AvgIpc) is 3.40. The molecule has 1 unspecified atom stereocenters. The van der Waals surface area contributed by atoms with E-state index in [-0.39, 0.29) is 32.4 Å². The van der Waals surface area contributed by atoms with Crippen LogP contribution in [0.25, 0.3) is 0 Å². The number of hydrogen-bond acceptors (Lipinski definition) is 4. The first-order chi connectivity index (χ1) is 16.0. The molecule has 2 aliphatic heterocycles. The molecule has 0 radical (unpaired) electrons. The van der Waals surface area contributed by atoms with Gasteiger partial charge in [0, 0.05) is 32.4 Å². The molecule has 0 aliphatic carbocycles. The third-order valence-electron chi connectivity index (χ3n) is 4.70. The molecule has 2 bridgehead atoms. The van der Waals surface area contributed by atoms with Crippen molar-refractivity contribution in [1.82, 2.24) is 0 Å². The molecule has 3 atom stereocenters. The number of carbonyl (C=O) groups is 2. The van der Waals surface area contributed by atoms with Crippen LogP contribution in [0.15, 0.2) is 52.6 Å². The van der Waals surface area contributed by atoms with Crippen molar-refractivity contribution in [3.63, 3.8) is 0 Å². The zero-order valence-electron chi connectivity index (χ0n) is 18.6. The Morgan fingerprint density at radius 2 is 1.00 bits per heavy atom. The van der Waals surface area contributed by atoms with Gasteiger partial charge in [-0.25, -0.2) is 9.59 Å². The summed E-state index contributed by atoms with van der Waals surface area (Å²) in [4.78, 5) is 24.7. The van der Waals surface area contributed by atoms with E-state index in [1.807, 2.05) is 18.2 Å². The molecule has 1 aromatic carbocycles. The van der Waals surface area contributed by atoms with Gasteiger partial charge in [-0.15, -0.1) is 0 Å². The van der Waals surface area contributed by atoms with Crippen LogP contribution < -0.4 is 5.30 Å². The van der Waals surface area contributed by atoms with Crippen molar-refractivity contribution in [2.45, 2.75) is 25.2 Å². The molecule has 2 aliphatic rings. The van der Waals surface area contributed by atoms with Crippen LogP contribution in [0.4, 0.5) is 0 Å².